The number of hydrogen-bond donors (Lipinski definition) is 0. The molecule has 0 saturated carbocycles. The smallest absolute Gasteiger partial charge is 0.184 e. The Morgan fingerprint density at radius 2 is 0.636 bits per heavy atom. The zero-order valence-electron chi connectivity index (χ0n) is 13.4. The Labute approximate surface area is 168 Å². The van der Waals surface area contributed by atoms with Gasteiger partial charge in [0, 0.05) is 0 Å². The van der Waals surface area contributed by atoms with Crippen molar-refractivity contribution in [2.75, 3.05) is 0 Å². The van der Waals surface area contributed by atoms with Crippen molar-refractivity contribution in [3.8, 4) is 0 Å². The first-order valence-corrected chi connectivity index (χ1v) is 6.96. The van der Waals surface area contributed by atoms with Crippen LogP contribution in [0.1, 0.15) is 16.7 Å². The maximum atomic E-state index is 2.93. The standard InChI is InChI=1S/3C7H7.Nd/c3*1-7-5-3-2-4-6-7;/h3*3-6H,1H3;/q3*-1;+3. The van der Waals surface area contributed by atoms with Crippen LogP contribution in [0.25, 0.3) is 0 Å². The normalized spacial score (nSPS) is 8.32. The Hall–Kier alpha value is -0.989. The molecule has 0 aliphatic heterocycles. The van der Waals surface area contributed by atoms with E-state index in [-0.39, 0.29) is 40.8 Å². The van der Waals surface area contributed by atoms with Crippen LogP contribution in [0.5, 0.6) is 0 Å². The van der Waals surface area contributed by atoms with E-state index >= 15 is 0 Å². The third kappa shape index (κ3) is 11.6. The summed E-state index contributed by atoms with van der Waals surface area (Å²) in [6.07, 6.45) is 0. The van der Waals surface area contributed by atoms with Gasteiger partial charge in [0.05, 0.1) is 0 Å². The average Bonchev–Trinajstić information content (AvgIpc) is 2.51. The van der Waals surface area contributed by atoms with Crippen molar-refractivity contribution in [3.63, 3.8) is 0 Å². The minimum absolute atomic E-state index is 0. The Morgan fingerprint density at radius 1 is 0.455 bits per heavy atom. The van der Waals surface area contributed by atoms with Crippen LogP contribution in [-0.2, 0) is 0 Å². The molecule has 0 saturated heterocycles. The molecule has 1 heteroatoms. The number of rotatable bonds is 0. The van der Waals surface area contributed by atoms with Crippen LogP contribution in [0.2, 0.25) is 0 Å². The van der Waals surface area contributed by atoms with Gasteiger partial charge in [-0.15, -0.1) is 0 Å². The Morgan fingerprint density at radius 3 is 0.727 bits per heavy atom. The van der Waals surface area contributed by atoms with Gasteiger partial charge in [-0.25, -0.2) is 0 Å². The summed E-state index contributed by atoms with van der Waals surface area (Å²) < 4.78 is 0. The maximum Gasteiger partial charge on any atom is 3.00 e. The van der Waals surface area contributed by atoms with Gasteiger partial charge in [0.1, 0.15) is 0 Å². The van der Waals surface area contributed by atoms with E-state index in [2.05, 4.69) is 39.0 Å². The topological polar surface area (TPSA) is 0 Å². The molecule has 0 spiro atoms. The van der Waals surface area contributed by atoms with E-state index in [1.807, 2.05) is 72.8 Å². The molecular formula is C21H21Nd. The van der Waals surface area contributed by atoms with E-state index in [1.54, 1.807) is 0 Å². The largest absolute Gasteiger partial charge is 3.00 e. The quantitative estimate of drug-likeness (QED) is 0.431. The molecule has 0 bridgehead atoms. The monoisotopic (exact) mass is 415 g/mol. The molecule has 0 fully saturated rings. The predicted octanol–water partition coefficient (Wildman–Crippen LogP) is 5.39. The molecule has 109 valence electrons. The molecule has 22 heavy (non-hydrogen) atoms. The number of aryl methyl sites for hydroxylation is 3. The molecule has 0 unspecified atom stereocenters. The minimum atomic E-state index is 0. The van der Waals surface area contributed by atoms with Gasteiger partial charge in [-0.1, -0.05) is 20.8 Å². The van der Waals surface area contributed by atoms with Crippen molar-refractivity contribution < 1.29 is 40.8 Å². The Kier molecular flexibility index (Phi) is 13.0. The minimum Gasteiger partial charge on any atom is -0.184 e. The van der Waals surface area contributed by atoms with Gasteiger partial charge in [-0.05, 0) is 0 Å². The third-order valence-electron chi connectivity index (χ3n) is 2.65. The van der Waals surface area contributed by atoms with Crippen LogP contribution in [-0.4, -0.2) is 0 Å². The summed E-state index contributed by atoms with van der Waals surface area (Å²) in [5.41, 5.74) is 3.87. The molecule has 0 amide bonds. The molecule has 0 heterocycles. The molecule has 3 aromatic carbocycles. The van der Waals surface area contributed by atoms with Crippen molar-refractivity contribution in [2.45, 2.75) is 20.8 Å². The number of benzene rings is 3. The van der Waals surface area contributed by atoms with Crippen LogP contribution in [0.15, 0.2) is 72.8 Å². The van der Waals surface area contributed by atoms with Gasteiger partial charge < -0.3 is 0 Å². The van der Waals surface area contributed by atoms with Crippen LogP contribution >= 0.6 is 0 Å². The van der Waals surface area contributed by atoms with Crippen molar-refractivity contribution in [1.82, 2.24) is 0 Å². The second-order valence-electron chi connectivity index (χ2n) is 4.73. The van der Waals surface area contributed by atoms with Crippen LogP contribution in [0, 0.1) is 79.8 Å². The average molecular weight is 418 g/mol. The SMILES string of the molecule is Cc1cc[c-]cc1.Cc1cc[c-]cc1.Cc1cc[c-]cc1.[Nd+3]. The van der Waals surface area contributed by atoms with Gasteiger partial charge >= 0.3 is 40.8 Å². The summed E-state index contributed by atoms with van der Waals surface area (Å²) in [5.74, 6) is 0. The summed E-state index contributed by atoms with van der Waals surface area (Å²) in [5, 5.41) is 0. The fourth-order valence-electron chi connectivity index (χ4n) is 1.41. The summed E-state index contributed by atoms with van der Waals surface area (Å²) in [7, 11) is 0. The molecule has 3 aromatic rings. The van der Waals surface area contributed by atoms with E-state index < -0.39 is 0 Å². The van der Waals surface area contributed by atoms with E-state index in [4.69, 9.17) is 0 Å². The Bertz CT molecular complexity index is 485. The predicted molar refractivity (Wildman–Crippen MR) is 90.0 cm³/mol. The molecule has 0 aliphatic rings. The molecule has 0 atom stereocenters. The molecule has 0 aromatic heterocycles. The fourth-order valence-corrected chi connectivity index (χ4v) is 1.41. The second kappa shape index (κ2) is 13.7. The van der Waals surface area contributed by atoms with Gasteiger partial charge in [0.25, 0.3) is 0 Å². The summed E-state index contributed by atoms with van der Waals surface area (Å²) in [6, 6.07) is 32.4. The molecule has 0 nitrogen and oxygen atoms in total. The third-order valence-corrected chi connectivity index (χ3v) is 2.65. The van der Waals surface area contributed by atoms with Gasteiger partial charge in [-0.3, -0.25) is 0 Å². The zero-order valence-corrected chi connectivity index (χ0v) is 16.6. The van der Waals surface area contributed by atoms with Gasteiger partial charge in [0.15, 0.2) is 0 Å². The van der Waals surface area contributed by atoms with Crippen LogP contribution in [0.3, 0.4) is 0 Å². The van der Waals surface area contributed by atoms with Crippen LogP contribution in [0.4, 0.5) is 0 Å². The first-order valence-electron chi connectivity index (χ1n) is 6.96. The van der Waals surface area contributed by atoms with Gasteiger partial charge in [0.2, 0.25) is 0 Å². The number of hydrogen-bond acceptors (Lipinski definition) is 0. The maximum absolute atomic E-state index is 2.93. The van der Waals surface area contributed by atoms with Crippen molar-refractivity contribution >= 4 is 0 Å². The van der Waals surface area contributed by atoms with E-state index in [9.17, 15) is 0 Å². The van der Waals surface area contributed by atoms with Crippen molar-refractivity contribution in [2.24, 2.45) is 0 Å². The summed E-state index contributed by atoms with van der Waals surface area (Å²) in [4.78, 5) is 0. The summed E-state index contributed by atoms with van der Waals surface area (Å²) >= 11 is 0. The first kappa shape index (κ1) is 21.0. The van der Waals surface area contributed by atoms with E-state index in [0.29, 0.717) is 0 Å². The first-order chi connectivity index (χ1) is 10.2. The molecule has 3 rings (SSSR count). The fraction of sp³-hybridized carbons (Fsp3) is 0.143. The van der Waals surface area contributed by atoms with E-state index in [0.717, 1.165) is 0 Å². The van der Waals surface area contributed by atoms with E-state index in [1.165, 1.54) is 16.7 Å². The molecule has 0 aliphatic carbocycles. The molecular weight excluding hydrogens is 396 g/mol. The van der Waals surface area contributed by atoms with Crippen molar-refractivity contribution in [1.29, 1.82) is 0 Å². The molecule has 0 N–H and O–H groups in total. The van der Waals surface area contributed by atoms with Gasteiger partial charge in [-0.2, -0.15) is 108 Å². The van der Waals surface area contributed by atoms with Crippen molar-refractivity contribution in [3.05, 3.63) is 108 Å². The zero-order chi connectivity index (χ0) is 15.3. The summed E-state index contributed by atoms with van der Waals surface area (Å²) in [6.45, 7) is 6.19. The molecule has 1 radical (unpaired) electrons. The van der Waals surface area contributed by atoms with Crippen LogP contribution < -0.4 is 0 Å². The second-order valence-corrected chi connectivity index (χ2v) is 4.73. The Balaban J connectivity index is 0.000000294.